The van der Waals surface area contributed by atoms with Crippen LogP contribution < -0.4 is 14.8 Å². The Bertz CT molecular complexity index is 1100. The molecule has 1 aromatic carbocycles. The van der Waals surface area contributed by atoms with Crippen molar-refractivity contribution in [2.45, 2.75) is 6.42 Å². The Morgan fingerprint density at radius 1 is 1.25 bits per heavy atom. The zero-order valence-corrected chi connectivity index (χ0v) is 16.2. The summed E-state index contributed by atoms with van der Waals surface area (Å²) in [6.07, 6.45) is 2.10. The van der Waals surface area contributed by atoms with Gasteiger partial charge in [0.05, 0.1) is 26.2 Å². The topological polar surface area (TPSA) is 90.9 Å². The number of benzene rings is 1. The summed E-state index contributed by atoms with van der Waals surface area (Å²) in [6.45, 7) is 0.469. The minimum Gasteiger partial charge on any atom is -0.493 e. The summed E-state index contributed by atoms with van der Waals surface area (Å²) in [4.78, 5) is 17.3. The first-order chi connectivity index (χ1) is 13.7. The van der Waals surface area contributed by atoms with E-state index < -0.39 is 0 Å². The Morgan fingerprint density at radius 3 is 2.86 bits per heavy atom. The summed E-state index contributed by atoms with van der Waals surface area (Å²) in [5.41, 5.74) is 1.81. The zero-order valence-electron chi connectivity index (χ0n) is 15.3. The third kappa shape index (κ3) is 3.44. The molecule has 144 valence electrons. The summed E-state index contributed by atoms with van der Waals surface area (Å²) in [5.74, 6) is 1.95. The molecule has 0 spiro atoms. The lowest BCUT2D eigenvalue weighted by molar-refractivity contribution is 0.0926. The molecule has 3 aromatic heterocycles. The second-order valence-corrected chi connectivity index (χ2v) is 6.75. The van der Waals surface area contributed by atoms with Gasteiger partial charge in [0, 0.05) is 23.9 Å². The van der Waals surface area contributed by atoms with Gasteiger partial charge in [0.2, 0.25) is 4.96 Å². The van der Waals surface area contributed by atoms with Gasteiger partial charge in [-0.2, -0.15) is 4.98 Å². The van der Waals surface area contributed by atoms with Crippen molar-refractivity contribution in [3.63, 3.8) is 0 Å². The molecule has 9 heteroatoms. The normalized spacial score (nSPS) is 10.9. The molecule has 4 aromatic rings. The molecular weight excluding hydrogens is 380 g/mol. The number of amides is 1. The Labute approximate surface area is 164 Å². The Morgan fingerprint density at radius 2 is 2.11 bits per heavy atom. The fourth-order valence-electron chi connectivity index (χ4n) is 2.79. The molecule has 0 aliphatic carbocycles. The number of hydrogen-bond donors (Lipinski definition) is 1. The van der Waals surface area contributed by atoms with Crippen LogP contribution in [0.4, 0.5) is 0 Å². The average molecular weight is 398 g/mol. The molecule has 0 unspecified atom stereocenters. The molecule has 0 fully saturated rings. The van der Waals surface area contributed by atoms with E-state index in [0.717, 1.165) is 16.2 Å². The number of hydrogen-bond acceptors (Lipinski definition) is 7. The number of nitrogens with zero attached hydrogens (tertiary/aromatic N) is 3. The fraction of sp³-hybridized carbons (Fsp3) is 0.211. The molecule has 3 heterocycles. The van der Waals surface area contributed by atoms with E-state index in [1.165, 1.54) is 17.6 Å². The van der Waals surface area contributed by atoms with Crippen LogP contribution in [0.1, 0.15) is 16.2 Å². The van der Waals surface area contributed by atoms with E-state index in [4.69, 9.17) is 13.9 Å². The lowest BCUT2D eigenvalue weighted by atomic mass is 10.2. The molecule has 0 saturated carbocycles. The molecule has 0 saturated heterocycles. The minimum absolute atomic E-state index is 0.235. The predicted molar refractivity (Wildman–Crippen MR) is 104 cm³/mol. The molecule has 0 radical (unpaired) electrons. The third-order valence-electron chi connectivity index (χ3n) is 4.20. The quantitative estimate of drug-likeness (QED) is 0.515. The van der Waals surface area contributed by atoms with Gasteiger partial charge in [-0.3, -0.25) is 4.79 Å². The van der Waals surface area contributed by atoms with Crippen LogP contribution in [0.3, 0.4) is 0 Å². The van der Waals surface area contributed by atoms with Crippen LogP contribution in [-0.4, -0.2) is 41.3 Å². The van der Waals surface area contributed by atoms with Crippen LogP contribution in [-0.2, 0) is 6.42 Å². The van der Waals surface area contributed by atoms with Crippen LogP contribution in [0, 0.1) is 0 Å². The standard InChI is InChI=1S/C19H18N4O4S/c1-25-14-6-5-12(10-16(14)26-2)17-21-19-23(22-17)13(11-28-19)7-8-20-18(24)15-4-3-9-27-15/h3-6,9-11H,7-8H2,1-2H3,(H,20,24). The number of ether oxygens (including phenoxy) is 2. The van der Waals surface area contributed by atoms with Crippen molar-refractivity contribution in [2.24, 2.45) is 0 Å². The number of fused-ring (bicyclic) bond motifs is 1. The first-order valence-electron chi connectivity index (χ1n) is 8.57. The van der Waals surface area contributed by atoms with Crippen molar-refractivity contribution in [2.75, 3.05) is 20.8 Å². The SMILES string of the molecule is COc1ccc(-c2nc3scc(CCNC(=O)c4ccco4)n3n2)cc1OC. The van der Waals surface area contributed by atoms with Crippen molar-refractivity contribution in [1.29, 1.82) is 0 Å². The van der Waals surface area contributed by atoms with Crippen molar-refractivity contribution in [1.82, 2.24) is 19.9 Å². The molecular formula is C19H18N4O4S. The van der Waals surface area contributed by atoms with Gasteiger partial charge in [0.25, 0.3) is 5.91 Å². The van der Waals surface area contributed by atoms with E-state index in [2.05, 4.69) is 15.4 Å². The van der Waals surface area contributed by atoms with Gasteiger partial charge in [-0.05, 0) is 30.3 Å². The van der Waals surface area contributed by atoms with Crippen molar-refractivity contribution >= 4 is 22.2 Å². The van der Waals surface area contributed by atoms with E-state index >= 15 is 0 Å². The van der Waals surface area contributed by atoms with E-state index in [0.29, 0.717) is 36.0 Å². The van der Waals surface area contributed by atoms with Gasteiger partial charge < -0.3 is 19.2 Å². The van der Waals surface area contributed by atoms with Gasteiger partial charge in [0.1, 0.15) is 0 Å². The number of methoxy groups -OCH3 is 2. The molecule has 4 rings (SSSR count). The van der Waals surface area contributed by atoms with E-state index in [1.54, 1.807) is 30.9 Å². The fourth-order valence-corrected chi connectivity index (χ4v) is 3.65. The maximum atomic E-state index is 11.9. The first kappa shape index (κ1) is 18.1. The number of carbonyl (C=O) groups is 1. The largest absolute Gasteiger partial charge is 0.493 e. The van der Waals surface area contributed by atoms with E-state index in [9.17, 15) is 4.79 Å². The molecule has 28 heavy (non-hydrogen) atoms. The van der Waals surface area contributed by atoms with Crippen molar-refractivity contribution in [3.05, 3.63) is 53.4 Å². The van der Waals surface area contributed by atoms with E-state index in [1.807, 2.05) is 23.6 Å². The molecule has 8 nitrogen and oxygen atoms in total. The maximum absolute atomic E-state index is 11.9. The van der Waals surface area contributed by atoms with Crippen LogP contribution in [0.2, 0.25) is 0 Å². The lowest BCUT2D eigenvalue weighted by Gasteiger charge is -2.07. The summed E-state index contributed by atoms with van der Waals surface area (Å²) in [5, 5.41) is 9.44. The Kier molecular flexibility index (Phi) is 4.98. The number of rotatable bonds is 7. The Hall–Kier alpha value is -3.33. The summed E-state index contributed by atoms with van der Waals surface area (Å²) in [6, 6.07) is 8.88. The first-order valence-corrected chi connectivity index (χ1v) is 9.45. The van der Waals surface area contributed by atoms with Crippen LogP contribution in [0.5, 0.6) is 11.5 Å². The second-order valence-electron chi connectivity index (χ2n) is 5.91. The summed E-state index contributed by atoms with van der Waals surface area (Å²) < 4.78 is 17.5. The monoisotopic (exact) mass is 398 g/mol. The molecule has 0 aliphatic heterocycles. The molecule has 1 N–H and O–H groups in total. The maximum Gasteiger partial charge on any atom is 0.286 e. The summed E-state index contributed by atoms with van der Waals surface area (Å²) in [7, 11) is 3.19. The van der Waals surface area contributed by atoms with Crippen molar-refractivity contribution < 1.29 is 18.7 Å². The number of nitrogens with one attached hydrogen (secondary N) is 1. The number of thiazole rings is 1. The summed E-state index contributed by atoms with van der Waals surface area (Å²) >= 11 is 1.51. The highest BCUT2D eigenvalue weighted by Crippen LogP contribution is 2.31. The van der Waals surface area contributed by atoms with Crippen LogP contribution >= 0.6 is 11.3 Å². The zero-order chi connectivity index (χ0) is 19.5. The highest BCUT2D eigenvalue weighted by molar-refractivity contribution is 7.15. The molecule has 0 bridgehead atoms. The van der Waals surface area contributed by atoms with E-state index in [-0.39, 0.29) is 5.91 Å². The van der Waals surface area contributed by atoms with Gasteiger partial charge in [-0.25, -0.2) is 4.52 Å². The van der Waals surface area contributed by atoms with Gasteiger partial charge in [-0.15, -0.1) is 16.4 Å². The third-order valence-corrected chi connectivity index (χ3v) is 5.07. The minimum atomic E-state index is -0.235. The molecule has 0 aliphatic rings. The highest BCUT2D eigenvalue weighted by atomic mass is 32.1. The number of furan rings is 1. The van der Waals surface area contributed by atoms with Gasteiger partial charge in [-0.1, -0.05) is 0 Å². The van der Waals surface area contributed by atoms with Gasteiger partial charge >= 0.3 is 0 Å². The van der Waals surface area contributed by atoms with Crippen molar-refractivity contribution in [3.8, 4) is 22.9 Å². The smallest absolute Gasteiger partial charge is 0.286 e. The Balaban J connectivity index is 1.50. The lowest BCUT2D eigenvalue weighted by Crippen LogP contribution is -2.25. The van der Waals surface area contributed by atoms with Gasteiger partial charge in [0.15, 0.2) is 23.1 Å². The second kappa shape index (κ2) is 7.73. The molecule has 1 amide bonds. The van der Waals surface area contributed by atoms with Crippen LogP contribution in [0.15, 0.2) is 46.4 Å². The average Bonchev–Trinajstić information content (AvgIpc) is 3.45. The van der Waals surface area contributed by atoms with Crippen LogP contribution in [0.25, 0.3) is 16.3 Å². The molecule has 0 atom stereocenters. The number of aromatic nitrogens is 3. The predicted octanol–water partition coefficient (Wildman–Crippen LogP) is 3.04. The number of carbonyl (C=O) groups excluding carboxylic acids is 1. The highest BCUT2D eigenvalue weighted by Gasteiger charge is 2.14.